The van der Waals surface area contributed by atoms with E-state index in [9.17, 15) is 9.90 Å². The zero-order valence-electron chi connectivity index (χ0n) is 8.22. The fraction of sp³-hybridized carbons (Fsp3) is 0.667. The van der Waals surface area contributed by atoms with Gasteiger partial charge in [0.2, 0.25) is 0 Å². The van der Waals surface area contributed by atoms with E-state index in [1.54, 1.807) is 7.05 Å². The SMILES string of the molecule is C=C(C)CN(C)C(=O)C(C)(C)O. The van der Waals surface area contributed by atoms with Crippen LogP contribution < -0.4 is 0 Å². The quantitative estimate of drug-likeness (QED) is 0.638. The minimum Gasteiger partial charge on any atom is -0.381 e. The summed E-state index contributed by atoms with van der Waals surface area (Å²) < 4.78 is 0. The maximum atomic E-state index is 11.3. The van der Waals surface area contributed by atoms with Gasteiger partial charge in [0.05, 0.1) is 0 Å². The first-order valence-corrected chi connectivity index (χ1v) is 3.87. The van der Waals surface area contributed by atoms with Crippen molar-refractivity contribution in [1.82, 2.24) is 4.90 Å². The molecule has 0 rings (SSSR count). The summed E-state index contributed by atoms with van der Waals surface area (Å²) in [6, 6.07) is 0. The summed E-state index contributed by atoms with van der Waals surface area (Å²) in [5.74, 6) is -0.287. The summed E-state index contributed by atoms with van der Waals surface area (Å²) in [6.45, 7) is 8.97. The molecule has 0 bridgehead atoms. The first-order chi connectivity index (χ1) is 5.25. The predicted molar refractivity (Wildman–Crippen MR) is 48.7 cm³/mol. The fourth-order valence-corrected chi connectivity index (χ4v) is 0.944. The zero-order chi connectivity index (χ0) is 9.94. The maximum Gasteiger partial charge on any atom is 0.253 e. The Bertz CT molecular complexity index is 191. The van der Waals surface area contributed by atoms with E-state index in [2.05, 4.69) is 6.58 Å². The minimum absolute atomic E-state index is 0.287. The molecule has 0 aliphatic carbocycles. The number of hydrogen-bond donors (Lipinski definition) is 1. The van der Waals surface area contributed by atoms with Crippen LogP contribution in [0.1, 0.15) is 20.8 Å². The molecule has 0 heterocycles. The molecule has 0 aliphatic rings. The molecule has 0 aliphatic heterocycles. The number of nitrogens with zero attached hydrogens (tertiary/aromatic N) is 1. The Morgan fingerprint density at radius 3 is 2.25 bits per heavy atom. The summed E-state index contributed by atoms with van der Waals surface area (Å²) in [7, 11) is 1.65. The monoisotopic (exact) mass is 171 g/mol. The summed E-state index contributed by atoms with van der Waals surface area (Å²) >= 11 is 0. The van der Waals surface area contributed by atoms with Crippen LogP contribution in [-0.2, 0) is 4.79 Å². The predicted octanol–water partition coefficient (Wildman–Crippen LogP) is 0.792. The van der Waals surface area contributed by atoms with Gasteiger partial charge < -0.3 is 10.0 Å². The molecule has 0 saturated heterocycles. The highest BCUT2D eigenvalue weighted by molar-refractivity contribution is 5.83. The third-order valence-corrected chi connectivity index (χ3v) is 1.38. The van der Waals surface area contributed by atoms with Crippen LogP contribution >= 0.6 is 0 Å². The number of aliphatic hydroxyl groups is 1. The van der Waals surface area contributed by atoms with Gasteiger partial charge in [0.1, 0.15) is 5.60 Å². The molecule has 1 amide bonds. The molecule has 0 aromatic rings. The second-order valence-corrected chi connectivity index (χ2v) is 3.68. The van der Waals surface area contributed by atoms with Gasteiger partial charge in [-0.05, 0) is 20.8 Å². The van der Waals surface area contributed by atoms with Crippen LogP contribution in [0.5, 0.6) is 0 Å². The Hall–Kier alpha value is -0.830. The minimum atomic E-state index is -1.29. The Kier molecular flexibility index (Phi) is 3.46. The van der Waals surface area contributed by atoms with E-state index in [1.807, 2.05) is 6.92 Å². The summed E-state index contributed by atoms with van der Waals surface area (Å²) in [4.78, 5) is 12.8. The molecule has 0 aromatic heterocycles. The van der Waals surface area contributed by atoms with Gasteiger partial charge in [-0.15, -0.1) is 0 Å². The summed E-state index contributed by atoms with van der Waals surface area (Å²) in [5.41, 5.74) is -0.389. The van der Waals surface area contributed by atoms with Crippen molar-refractivity contribution in [2.24, 2.45) is 0 Å². The highest BCUT2D eigenvalue weighted by Crippen LogP contribution is 2.06. The smallest absolute Gasteiger partial charge is 0.253 e. The molecule has 0 radical (unpaired) electrons. The van der Waals surface area contributed by atoms with Gasteiger partial charge in [-0.1, -0.05) is 12.2 Å². The van der Waals surface area contributed by atoms with Gasteiger partial charge in [-0.25, -0.2) is 0 Å². The number of carbonyl (C=O) groups is 1. The molecule has 70 valence electrons. The van der Waals surface area contributed by atoms with Crippen LogP contribution in [0, 0.1) is 0 Å². The van der Waals surface area contributed by atoms with E-state index in [-0.39, 0.29) is 5.91 Å². The van der Waals surface area contributed by atoms with Crippen molar-refractivity contribution in [1.29, 1.82) is 0 Å². The van der Waals surface area contributed by atoms with E-state index < -0.39 is 5.60 Å². The molecule has 3 heteroatoms. The Labute approximate surface area is 73.7 Å². The highest BCUT2D eigenvalue weighted by Gasteiger charge is 2.26. The third-order valence-electron chi connectivity index (χ3n) is 1.38. The van der Waals surface area contributed by atoms with Crippen LogP contribution in [0.4, 0.5) is 0 Å². The van der Waals surface area contributed by atoms with Gasteiger partial charge in [0.25, 0.3) is 5.91 Å². The second-order valence-electron chi connectivity index (χ2n) is 3.68. The zero-order valence-corrected chi connectivity index (χ0v) is 8.22. The molecule has 0 aromatic carbocycles. The molecule has 3 nitrogen and oxygen atoms in total. The van der Waals surface area contributed by atoms with Crippen molar-refractivity contribution in [2.45, 2.75) is 26.4 Å². The lowest BCUT2D eigenvalue weighted by molar-refractivity contribution is -0.145. The Morgan fingerprint density at radius 1 is 1.58 bits per heavy atom. The molecule has 0 fully saturated rings. The lowest BCUT2D eigenvalue weighted by Crippen LogP contribution is -2.43. The highest BCUT2D eigenvalue weighted by atomic mass is 16.3. The lowest BCUT2D eigenvalue weighted by Gasteiger charge is -2.24. The van der Waals surface area contributed by atoms with Crippen LogP contribution in [0.15, 0.2) is 12.2 Å². The van der Waals surface area contributed by atoms with Crippen molar-refractivity contribution in [3.63, 3.8) is 0 Å². The average molecular weight is 171 g/mol. The second kappa shape index (κ2) is 3.72. The standard InChI is InChI=1S/C9H17NO2/c1-7(2)6-10(5)8(11)9(3,4)12/h12H,1,6H2,2-5H3. The lowest BCUT2D eigenvalue weighted by atomic mass is 10.1. The maximum absolute atomic E-state index is 11.3. The number of rotatable bonds is 3. The third kappa shape index (κ3) is 3.53. The Morgan fingerprint density at radius 2 is 2.00 bits per heavy atom. The van der Waals surface area contributed by atoms with Crippen molar-refractivity contribution in [3.8, 4) is 0 Å². The summed E-state index contributed by atoms with van der Waals surface area (Å²) in [5, 5.41) is 9.35. The van der Waals surface area contributed by atoms with Crippen molar-refractivity contribution >= 4 is 5.91 Å². The van der Waals surface area contributed by atoms with Crippen LogP contribution in [-0.4, -0.2) is 35.1 Å². The molecular weight excluding hydrogens is 154 g/mol. The van der Waals surface area contributed by atoms with Crippen molar-refractivity contribution < 1.29 is 9.90 Å². The number of likely N-dealkylation sites (N-methyl/N-ethyl adjacent to an activating group) is 1. The molecule has 0 saturated carbocycles. The van der Waals surface area contributed by atoms with Gasteiger partial charge >= 0.3 is 0 Å². The number of amides is 1. The molecule has 0 spiro atoms. The van der Waals surface area contributed by atoms with Gasteiger partial charge in [-0.3, -0.25) is 4.79 Å². The molecular formula is C9H17NO2. The topological polar surface area (TPSA) is 40.5 Å². The van der Waals surface area contributed by atoms with Crippen LogP contribution in [0.2, 0.25) is 0 Å². The normalized spacial score (nSPS) is 11.1. The van der Waals surface area contributed by atoms with E-state index in [1.165, 1.54) is 18.7 Å². The average Bonchev–Trinajstić information content (AvgIpc) is 1.82. The van der Waals surface area contributed by atoms with Crippen LogP contribution in [0.3, 0.4) is 0 Å². The van der Waals surface area contributed by atoms with Gasteiger partial charge in [0.15, 0.2) is 0 Å². The number of carbonyl (C=O) groups excluding carboxylic acids is 1. The molecule has 12 heavy (non-hydrogen) atoms. The van der Waals surface area contributed by atoms with E-state index in [0.717, 1.165) is 5.57 Å². The molecule has 0 atom stereocenters. The van der Waals surface area contributed by atoms with E-state index in [4.69, 9.17) is 0 Å². The first-order valence-electron chi connectivity index (χ1n) is 3.87. The fourth-order valence-electron chi connectivity index (χ4n) is 0.944. The van der Waals surface area contributed by atoms with Gasteiger partial charge in [0, 0.05) is 13.6 Å². The largest absolute Gasteiger partial charge is 0.381 e. The Balaban J connectivity index is 4.21. The molecule has 0 unspecified atom stereocenters. The van der Waals surface area contributed by atoms with Crippen LogP contribution in [0.25, 0.3) is 0 Å². The molecule has 1 N–H and O–H groups in total. The van der Waals surface area contributed by atoms with Crippen molar-refractivity contribution in [2.75, 3.05) is 13.6 Å². The van der Waals surface area contributed by atoms with E-state index in [0.29, 0.717) is 6.54 Å². The summed E-state index contributed by atoms with van der Waals surface area (Å²) in [6.07, 6.45) is 0. The first kappa shape index (κ1) is 11.2. The van der Waals surface area contributed by atoms with Crippen molar-refractivity contribution in [3.05, 3.63) is 12.2 Å². The van der Waals surface area contributed by atoms with E-state index >= 15 is 0 Å². The number of hydrogen-bond acceptors (Lipinski definition) is 2. The van der Waals surface area contributed by atoms with Gasteiger partial charge in [-0.2, -0.15) is 0 Å².